The topological polar surface area (TPSA) is 46.6 Å². The van der Waals surface area contributed by atoms with E-state index in [1.165, 1.54) is 0 Å². The minimum Gasteiger partial charge on any atom is -0.444 e. The van der Waals surface area contributed by atoms with Crippen LogP contribution in [0.1, 0.15) is 32.8 Å². The predicted octanol–water partition coefficient (Wildman–Crippen LogP) is 3.01. The lowest BCUT2D eigenvalue weighted by Gasteiger charge is -2.28. The van der Waals surface area contributed by atoms with E-state index in [-0.39, 0.29) is 17.4 Å². The summed E-state index contributed by atoms with van der Waals surface area (Å²) in [6, 6.07) is 9.92. The fourth-order valence-electron chi connectivity index (χ4n) is 2.71. The quantitative estimate of drug-likeness (QED) is 0.800. The summed E-state index contributed by atoms with van der Waals surface area (Å²) >= 11 is 0. The first-order valence-electron chi connectivity index (χ1n) is 7.23. The number of aldehydes is 1. The normalized spacial score (nSPS) is 24.3. The van der Waals surface area contributed by atoms with Gasteiger partial charge in [-0.25, -0.2) is 4.79 Å². The first kappa shape index (κ1) is 15.5. The summed E-state index contributed by atoms with van der Waals surface area (Å²) < 4.78 is 5.38. The van der Waals surface area contributed by atoms with Gasteiger partial charge < -0.3 is 14.4 Å². The van der Waals surface area contributed by atoms with Crippen LogP contribution in [0, 0.1) is 5.92 Å². The van der Waals surface area contributed by atoms with Gasteiger partial charge in [-0.1, -0.05) is 30.3 Å². The van der Waals surface area contributed by atoms with Gasteiger partial charge in [0.25, 0.3) is 0 Å². The third-order valence-corrected chi connectivity index (χ3v) is 3.87. The van der Waals surface area contributed by atoms with E-state index in [9.17, 15) is 9.59 Å². The van der Waals surface area contributed by atoms with Crippen molar-refractivity contribution in [2.75, 3.05) is 13.6 Å². The van der Waals surface area contributed by atoms with E-state index in [4.69, 9.17) is 4.74 Å². The van der Waals surface area contributed by atoms with Crippen LogP contribution in [0.2, 0.25) is 0 Å². The number of likely N-dealkylation sites (N-methyl/N-ethyl adjacent to an activating group) is 1. The van der Waals surface area contributed by atoms with E-state index in [1.54, 1.807) is 11.9 Å². The zero-order valence-electron chi connectivity index (χ0n) is 13.1. The van der Waals surface area contributed by atoms with Crippen molar-refractivity contribution >= 4 is 12.4 Å². The molecule has 0 aliphatic heterocycles. The highest BCUT2D eigenvalue weighted by Gasteiger charge is 2.56. The summed E-state index contributed by atoms with van der Waals surface area (Å²) in [5.74, 6) is -0.0233. The molecule has 1 aliphatic carbocycles. The smallest absolute Gasteiger partial charge is 0.410 e. The highest BCUT2D eigenvalue weighted by Crippen LogP contribution is 2.53. The summed E-state index contributed by atoms with van der Waals surface area (Å²) in [5, 5.41) is 0. The van der Waals surface area contributed by atoms with Crippen LogP contribution in [0.25, 0.3) is 0 Å². The number of carbonyl (C=O) groups is 2. The molecule has 21 heavy (non-hydrogen) atoms. The molecule has 0 radical (unpaired) electrons. The van der Waals surface area contributed by atoms with Crippen LogP contribution in [0.5, 0.6) is 0 Å². The molecule has 1 fully saturated rings. The van der Waals surface area contributed by atoms with Crippen molar-refractivity contribution in [2.45, 2.75) is 38.2 Å². The molecule has 0 aromatic heterocycles. The van der Waals surface area contributed by atoms with Crippen molar-refractivity contribution < 1.29 is 14.3 Å². The first-order chi connectivity index (χ1) is 9.78. The van der Waals surface area contributed by atoms with Crippen molar-refractivity contribution in [1.29, 1.82) is 0 Å². The van der Waals surface area contributed by atoms with Gasteiger partial charge in [-0.3, -0.25) is 0 Å². The van der Waals surface area contributed by atoms with Gasteiger partial charge >= 0.3 is 6.09 Å². The Labute approximate surface area is 126 Å². The summed E-state index contributed by atoms with van der Waals surface area (Å²) in [6.45, 7) is 6.03. The third kappa shape index (κ3) is 3.43. The first-order valence-corrected chi connectivity index (χ1v) is 7.23. The molecule has 1 saturated carbocycles. The van der Waals surface area contributed by atoms with E-state index >= 15 is 0 Å². The molecule has 0 saturated heterocycles. The van der Waals surface area contributed by atoms with E-state index in [1.807, 2.05) is 51.1 Å². The van der Waals surface area contributed by atoms with Gasteiger partial charge in [-0.2, -0.15) is 0 Å². The van der Waals surface area contributed by atoms with Gasteiger partial charge in [0.05, 0.1) is 0 Å². The molecular weight excluding hydrogens is 266 g/mol. The monoisotopic (exact) mass is 289 g/mol. The van der Waals surface area contributed by atoms with Gasteiger partial charge in [0.15, 0.2) is 0 Å². The Bertz CT molecular complexity index is 521. The van der Waals surface area contributed by atoms with Crippen LogP contribution >= 0.6 is 0 Å². The maximum Gasteiger partial charge on any atom is 0.410 e. The van der Waals surface area contributed by atoms with Crippen LogP contribution in [-0.2, 0) is 14.9 Å². The average Bonchev–Trinajstić information content (AvgIpc) is 3.12. The Kier molecular flexibility index (Phi) is 4.08. The lowest BCUT2D eigenvalue weighted by atomic mass is 9.93. The number of benzene rings is 1. The zero-order chi connectivity index (χ0) is 15.7. The van der Waals surface area contributed by atoms with Crippen molar-refractivity contribution in [3.05, 3.63) is 35.9 Å². The Morgan fingerprint density at radius 3 is 2.48 bits per heavy atom. The summed E-state index contributed by atoms with van der Waals surface area (Å²) in [7, 11) is 1.72. The molecule has 2 atom stereocenters. The van der Waals surface area contributed by atoms with Crippen LogP contribution < -0.4 is 0 Å². The number of hydrogen-bond donors (Lipinski definition) is 0. The molecule has 0 bridgehead atoms. The molecule has 0 heterocycles. The molecular formula is C17H23NO3. The maximum atomic E-state index is 12.1. The maximum absolute atomic E-state index is 12.1. The SMILES string of the molecule is CN(C[C@@]1(c2ccccc2)C[C@H]1C=O)C(=O)OC(C)(C)C. The van der Waals surface area contributed by atoms with E-state index in [0.29, 0.717) is 6.54 Å². The minimum absolute atomic E-state index is 0.0233. The zero-order valence-corrected chi connectivity index (χ0v) is 13.1. The number of hydrogen-bond acceptors (Lipinski definition) is 3. The molecule has 0 N–H and O–H groups in total. The highest BCUT2D eigenvalue weighted by molar-refractivity contribution is 5.70. The summed E-state index contributed by atoms with van der Waals surface area (Å²) in [5.41, 5.74) is 0.338. The second-order valence-corrected chi connectivity index (χ2v) is 6.81. The largest absolute Gasteiger partial charge is 0.444 e. The molecule has 4 heteroatoms. The molecule has 1 amide bonds. The Balaban J connectivity index is 2.12. The molecule has 114 valence electrons. The standard InChI is InChI=1S/C17H23NO3/c1-16(2,3)21-15(20)18(4)12-17(10-14(17)11-19)13-8-6-5-7-9-13/h5-9,11,14H,10,12H2,1-4H3/t14-,17+/m0/s1. The number of amides is 1. The molecule has 4 nitrogen and oxygen atoms in total. The Morgan fingerprint density at radius 2 is 2.00 bits per heavy atom. The van der Waals surface area contributed by atoms with Crippen molar-refractivity contribution in [1.82, 2.24) is 4.90 Å². The average molecular weight is 289 g/mol. The van der Waals surface area contributed by atoms with Crippen molar-refractivity contribution in [2.24, 2.45) is 5.92 Å². The van der Waals surface area contributed by atoms with Gasteiger partial charge in [-0.15, -0.1) is 0 Å². The minimum atomic E-state index is -0.515. The lowest BCUT2D eigenvalue weighted by Crippen LogP contribution is -2.39. The van der Waals surface area contributed by atoms with Gasteiger partial charge in [0, 0.05) is 24.9 Å². The van der Waals surface area contributed by atoms with Crippen LogP contribution in [-0.4, -0.2) is 36.5 Å². The van der Waals surface area contributed by atoms with Crippen LogP contribution in [0.3, 0.4) is 0 Å². The number of rotatable bonds is 4. The van der Waals surface area contributed by atoms with E-state index in [0.717, 1.165) is 18.3 Å². The molecule has 0 unspecified atom stereocenters. The third-order valence-electron chi connectivity index (χ3n) is 3.87. The van der Waals surface area contributed by atoms with Crippen molar-refractivity contribution in [3.63, 3.8) is 0 Å². The summed E-state index contributed by atoms with van der Waals surface area (Å²) in [6.07, 6.45) is 1.43. The molecule has 2 rings (SSSR count). The molecule has 1 aromatic rings. The second-order valence-electron chi connectivity index (χ2n) is 6.81. The number of ether oxygens (including phenoxy) is 1. The van der Waals surface area contributed by atoms with E-state index in [2.05, 4.69) is 0 Å². The van der Waals surface area contributed by atoms with E-state index < -0.39 is 5.60 Å². The number of carbonyl (C=O) groups excluding carboxylic acids is 2. The van der Waals surface area contributed by atoms with Gasteiger partial charge in [-0.05, 0) is 32.8 Å². The molecule has 1 aromatic carbocycles. The van der Waals surface area contributed by atoms with Crippen LogP contribution in [0.15, 0.2) is 30.3 Å². The highest BCUT2D eigenvalue weighted by atomic mass is 16.6. The number of nitrogens with zero attached hydrogens (tertiary/aromatic N) is 1. The molecule has 0 spiro atoms. The van der Waals surface area contributed by atoms with Crippen molar-refractivity contribution in [3.8, 4) is 0 Å². The van der Waals surface area contributed by atoms with Gasteiger partial charge in [0.1, 0.15) is 11.9 Å². The van der Waals surface area contributed by atoms with Gasteiger partial charge in [0.2, 0.25) is 0 Å². The second kappa shape index (κ2) is 5.51. The fraction of sp³-hybridized carbons (Fsp3) is 0.529. The van der Waals surface area contributed by atoms with Crippen LogP contribution in [0.4, 0.5) is 4.79 Å². The predicted molar refractivity (Wildman–Crippen MR) is 81.2 cm³/mol. The Morgan fingerprint density at radius 1 is 1.38 bits per heavy atom. The fourth-order valence-corrected chi connectivity index (χ4v) is 2.71. The Hall–Kier alpha value is -1.84. The summed E-state index contributed by atoms with van der Waals surface area (Å²) in [4.78, 5) is 24.9. The lowest BCUT2D eigenvalue weighted by molar-refractivity contribution is -0.109. The molecule has 1 aliphatic rings.